The van der Waals surface area contributed by atoms with E-state index in [0.717, 1.165) is 16.7 Å². The van der Waals surface area contributed by atoms with Gasteiger partial charge < -0.3 is 10.1 Å². The molecule has 28 heavy (non-hydrogen) atoms. The minimum atomic E-state index is -1.12. The standard InChI is InChI=1S/C23H21N3O2/c1-28-20-15-9-8-10-17(20)16-26-21(27)23(25-22(26)24,18-11-4-2-5-12-18)19-13-6-3-7-14-19/h2-15H,16H2,1H3,(H2,24,25). The lowest BCUT2D eigenvalue weighted by molar-refractivity contribution is -0.130. The van der Waals surface area contributed by atoms with E-state index in [9.17, 15) is 4.79 Å². The lowest BCUT2D eigenvalue weighted by Gasteiger charge is -2.28. The SMILES string of the molecule is COc1ccccc1CN1C(=N)NC(c2ccccc2)(c2ccccc2)C1=O. The average molecular weight is 371 g/mol. The minimum absolute atomic E-state index is 0.0728. The summed E-state index contributed by atoms with van der Waals surface area (Å²) >= 11 is 0. The summed E-state index contributed by atoms with van der Waals surface area (Å²) in [4.78, 5) is 15.2. The monoisotopic (exact) mass is 371 g/mol. The van der Waals surface area contributed by atoms with Crippen LogP contribution in [0.4, 0.5) is 0 Å². The smallest absolute Gasteiger partial charge is 0.264 e. The Hall–Kier alpha value is -3.60. The third kappa shape index (κ3) is 2.81. The molecular weight excluding hydrogens is 350 g/mol. The van der Waals surface area contributed by atoms with E-state index in [1.807, 2.05) is 84.9 Å². The molecule has 0 saturated carbocycles. The van der Waals surface area contributed by atoms with Crippen molar-refractivity contribution in [3.8, 4) is 5.75 Å². The van der Waals surface area contributed by atoms with Crippen LogP contribution < -0.4 is 10.1 Å². The maximum atomic E-state index is 13.7. The second-order valence-corrected chi connectivity index (χ2v) is 6.66. The number of para-hydroxylation sites is 1. The highest BCUT2D eigenvalue weighted by atomic mass is 16.5. The molecular formula is C23H21N3O2. The van der Waals surface area contributed by atoms with E-state index in [1.54, 1.807) is 7.11 Å². The van der Waals surface area contributed by atoms with Crippen molar-refractivity contribution < 1.29 is 9.53 Å². The molecule has 0 bridgehead atoms. The van der Waals surface area contributed by atoms with Crippen LogP contribution in [0.15, 0.2) is 84.9 Å². The quantitative estimate of drug-likeness (QED) is 0.721. The summed E-state index contributed by atoms with van der Waals surface area (Å²) in [5, 5.41) is 11.7. The number of methoxy groups -OCH3 is 1. The Morgan fingerprint density at radius 3 is 2.00 bits per heavy atom. The number of nitrogens with zero attached hydrogens (tertiary/aromatic N) is 1. The van der Waals surface area contributed by atoms with E-state index in [4.69, 9.17) is 10.1 Å². The number of amides is 1. The predicted octanol–water partition coefficient (Wildman–Crippen LogP) is 3.51. The van der Waals surface area contributed by atoms with Gasteiger partial charge in [0.05, 0.1) is 13.7 Å². The van der Waals surface area contributed by atoms with Gasteiger partial charge in [0.2, 0.25) is 0 Å². The lowest BCUT2D eigenvalue weighted by atomic mass is 9.82. The van der Waals surface area contributed by atoms with Crippen LogP contribution in [0.3, 0.4) is 0 Å². The van der Waals surface area contributed by atoms with Gasteiger partial charge in [-0.3, -0.25) is 15.1 Å². The third-order valence-corrected chi connectivity index (χ3v) is 5.08. The van der Waals surface area contributed by atoms with Crippen LogP contribution >= 0.6 is 0 Å². The van der Waals surface area contributed by atoms with Gasteiger partial charge in [0.1, 0.15) is 5.75 Å². The molecule has 0 aliphatic carbocycles. The van der Waals surface area contributed by atoms with Gasteiger partial charge >= 0.3 is 0 Å². The van der Waals surface area contributed by atoms with Gasteiger partial charge in [-0.25, -0.2) is 0 Å². The zero-order valence-electron chi connectivity index (χ0n) is 15.6. The molecule has 5 heteroatoms. The summed E-state index contributed by atoms with van der Waals surface area (Å²) in [5.41, 5.74) is 1.33. The number of nitrogens with one attached hydrogen (secondary N) is 2. The summed E-state index contributed by atoms with van der Waals surface area (Å²) in [7, 11) is 1.60. The molecule has 2 N–H and O–H groups in total. The van der Waals surface area contributed by atoms with Crippen LogP contribution in [0.1, 0.15) is 16.7 Å². The number of rotatable bonds is 5. The average Bonchev–Trinajstić information content (AvgIpc) is 3.01. The van der Waals surface area contributed by atoms with Gasteiger partial charge in [0.15, 0.2) is 11.5 Å². The van der Waals surface area contributed by atoms with Crippen LogP contribution in [0, 0.1) is 5.41 Å². The first-order valence-corrected chi connectivity index (χ1v) is 9.08. The van der Waals surface area contributed by atoms with Crippen molar-refractivity contribution in [2.75, 3.05) is 7.11 Å². The number of hydrogen-bond acceptors (Lipinski definition) is 3. The summed E-state index contributed by atoms with van der Waals surface area (Å²) < 4.78 is 5.42. The van der Waals surface area contributed by atoms with Gasteiger partial charge in [-0.15, -0.1) is 0 Å². The van der Waals surface area contributed by atoms with Crippen molar-refractivity contribution in [1.82, 2.24) is 10.2 Å². The maximum absolute atomic E-state index is 13.7. The highest BCUT2D eigenvalue weighted by Gasteiger charge is 2.52. The second kappa shape index (κ2) is 7.19. The number of hydrogen-bond donors (Lipinski definition) is 2. The van der Waals surface area contributed by atoms with E-state index in [-0.39, 0.29) is 18.4 Å². The number of carbonyl (C=O) groups is 1. The number of guanidine groups is 1. The first-order chi connectivity index (χ1) is 13.7. The van der Waals surface area contributed by atoms with Gasteiger partial charge in [0.25, 0.3) is 5.91 Å². The molecule has 1 aliphatic heterocycles. The van der Waals surface area contributed by atoms with Crippen LogP contribution in [0.5, 0.6) is 5.75 Å². The molecule has 0 unspecified atom stereocenters. The van der Waals surface area contributed by atoms with Crippen molar-refractivity contribution in [2.24, 2.45) is 0 Å². The molecule has 1 saturated heterocycles. The van der Waals surface area contributed by atoms with Crippen LogP contribution in [0.25, 0.3) is 0 Å². The van der Waals surface area contributed by atoms with Crippen LogP contribution in [0.2, 0.25) is 0 Å². The van der Waals surface area contributed by atoms with Crippen molar-refractivity contribution >= 4 is 11.9 Å². The van der Waals surface area contributed by atoms with Gasteiger partial charge in [-0.1, -0.05) is 78.9 Å². The molecule has 3 aromatic rings. The maximum Gasteiger partial charge on any atom is 0.264 e. The fourth-order valence-corrected chi connectivity index (χ4v) is 3.69. The molecule has 0 radical (unpaired) electrons. The number of ether oxygens (including phenoxy) is 1. The molecule has 1 heterocycles. The van der Waals surface area contributed by atoms with E-state index in [2.05, 4.69) is 5.32 Å². The normalized spacial score (nSPS) is 15.4. The molecule has 1 aliphatic rings. The van der Waals surface area contributed by atoms with Crippen molar-refractivity contribution in [1.29, 1.82) is 5.41 Å². The van der Waals surface area contributed by atoms with Crippen molar-refractivity contribution in [2.45, 2.75) is 12.1 Å². The number of carbonyl (C=O) groups excluding carboxylic acids is 1. The van der Waals surface area contributed by atoms with Gasteiger partial charge in [0, 0.05) is 5.56 Å². The summed E-state index contributed by atoms with van der Waals surface area (Å²) in [6, 6.07) is 26.7. The summed E-state index contributed by atoms with van der Waals surface area (Å²) in [6.07, 6.45) is 0. The van der Waals surface area contributed by atoms with Gasteiger partial charge in [-0.05, 0) is 17.2 Å². The molecule has 0 spiro atoms. The van der Waals surface area contributed by atoms with Crippen LogP contribution in [-0.4, -0.2) is 23.9 Å². The van der Waals surface area contributed by atoms with Crippen molar-refractivity contribution in [3.63, 3.8) is 0 Å². The zero-order valence-corrected chi connectivity index (χ0v) is 15.6. The Morgan fingerprint density at radius 1 is 0.893 bits per heavy atom. The third-order valence-electron chi connectivity index (χ3n) is 5.08. The minimum Gasteiger partial charge on any atom is -0.496 e. The van der Waals surface area contributed by atoms with E-state index < -0.39 is 5.54 Å². The molecule has 140 valence electrons. The molecule has 4 rings (SSSR count). The fourth-order valence-electron chi connectivity index (χ4n) is 3.69. The Bertz CT molecular complexity index is 963. The fraction of sp³-hybridized carbons (Fsp3) is 0.130. The molecule has 5 nitrogen and oxygen atoms in total. The highest BCUT2D eigenvalue weighted by Crippen LogP contribution is 2.36. The largest absolute Gasteiger partial charge is 0.496 e. The highest BCUT2D eigenvalue weighted by molar-refractivity contribution is 6.10. The molecule has 0 atom stereocenters. The topological polar surface area (TPSA) is 65.4 Å². The lowest BCUT2D eigenvalue weighted by Crippen LogP contribution is -2.45. The number of benzene rings is 3. The Morgan fingerprint density at radius 2 is 1.43 bits per heavy atom. The van der Waals surface area contributed by atoms with E-state index >= 15 is 0 Å². The Balaban J connectivity index is 1.79. The molecule has 0 aromatic heterocycles. The first-order valence-electron chi connectivity index (χ1n) is 9.08. The molecule has 3 aromatic carbocycles. The summed E-state index contributed by atoms with van der Waals surface area (Å²) in [5.74, 6) is 0.587. The summed E-state index contributed by atoms with van der Waals surface area (Å²) in [6.45, 7) is 0.260. The molecule has 1 fully saturated rings. The van der Waals surface area contributed by atoms with E-state index in [1.165, 1.54) is 4.90 Å². The Kier molecular flexibility index (Phi) is 4.57. The predicted molar refractivity (Wildman–Crippen MR) is 108 cm³/mol. The first kappa shape index (κ1) is 17.8. The van der Waals surface area contributed by atoms with Gasteiger partial charge in [-0.2, -0.15) is 0 Å². The van der Waals surface area contributed by atoms with E-state index in [0.29, 0.717) is 5.75 Å². The molecule has 1 amide bonds. The second-order valence-electron chi connectivity index (χ2n) is 6.66. The zero-order chi connectivity index (χ0) is 19.6. The van der Waals surface area contributed by atoms with Crippen LogP contribution in [-0.2, 0) is 16.9 Å². The van der Waals surface area contributed by atoms with Crippen molar-refractivity contribution in [3.05, 3.63) is 102 Å². The Labute approximate surface area is 164 Å².